The Hall–Kier alpha value is -3.01. The molecule has 8 rings (SSSR count). The number of aromatic nitrogens is 4. The molecule has 1 saturated heterocycles. The molecule has 144 valence electrons. The van der Waals surface area contributed by atoms with E-state index < -0.39 is 0 Å². The number of fused-ring (bicyclic) bond motifs is 3. The molecule has 0 saturated carbocycles. The molecule has 0 amide bonds. The van der Waals surface area contributed by atoms with Crippen LogP contribution in [-0.4, -0.2) is 32.6 Å². The van der Waals surface area contributed by atoms with Crippen molar-refractivity contribution in [2.24, 2.45) is 11.8 Å². The van der Waals surface area contributed by atoms with Crippen LogP contribution in [0.25, 0.3) is 22.1 Å². The van der Waals surface area contributed by atoms with E-state index in [1.165, 1.54) is 17.1 Å². The molecule has 7 heterocycles. The summed E-state index contributed by atoms with van der Waals surface area (Å²) < 4.78 is 4.90. The maximum absolute atomic E-state index is 4.73. The average Bonchev–Trinajstić information content (AvgIpc) is 3.43. The van der Waals surface area contributed by atoms with E-state index in [4.69, 9.17) is 9.97 Å². The highest BCUT2D eigenvalue weighted by Gasteiger charge is 2.53. The normalized spacial score (nSPS) is 27.3. The highest BCUT2D eigenvalue weighted by atomic mass is 15.0. The molecule has 1 fully saturated rings. The lowest BCUT2D eigenvalue weighted by Crippen LogP contribution is -2.51. The highest BCUT2D eigenvalue weighted by Crippen LogP contribution is 2.56. The van der Waals surface area contributed by atoms with Crippen molar-refractivity contribution in [1.29, 1.82) is 0 Å². The zero-order valence-corrected chi connectivity index (χ0v) is 16.8. The third-order valence-corrected chi connectivity index (χ3v) is 7.77. The van der Waals surface area contributed by atoms with Crippen LogP contribution in [0.15, 0.2) is 85.5 Å². The molecule has 0 spiro atoms. The fourth-order valence-corrected chi connectivity index (χ4v) is 6.55. The fraction of sp³-hybridized carbons (Fsp3) is 0.250. The molecule has 3 aliphatic heterocycles. The number of nitrogens with zero attached hydrogens (tertiary/aromatic N) is 4. The second-order valence-corrected chi connectivity index (χ2v) is 9.09. The molecule has 6 heteroatoms. The van der Waals surface area contributed by atoms with Crippen LogP contribution in [0.1, 0.15) is 0 Å². The topological polar surface area (TPSA) is 35.6 Å². The van der Waals surface area contributed by atoms with E-state index in [0.717, 1.165) is 17.6 Å². The average molecular weight is 388 g/mol. The van der Waals surface area contributed by atoms with Crippen LogP contribution in [0.4, 0.5) is 0 Å². The van der Waals surface area contributed by atoms with Crippen LogP contribution in [0.3, 0.4) is 0 Å². The van der Waals surface area contributed by atoms with Gasteiger partial charge in [0.15, 0.2) is 0 Å². The fourth-order valence-electron chi connectivity index (χ4n) is 6.55. The lowest BCUT2D eigenvalue weighted by molar-refractivity contribution is 0.409. The van der Waals surface area contributed by atoms with E-state index in [2.05, 4.69) is 69.9 Å². The van der Waals surface area contributed by atoms with Gasteiger partial charge >= 0.3 is 0 Å². The molecule has 0 unspecified atom stereocenters. The summed E-state index contributed by atoms with van der Waals surface area (Å²) in [5.41, 5.74) is 2.24. The smallest absolute Gasteiger partial charge is 0.269 e. The Kier molecular flexibility index (Phi) is 3.49. The van der Waals surface area contributed by atoms with Gasteiger partial charge in [0.25, 0.3) is 13.7 Å². The Morgan fingerprint density at radius 2 is 1.50 bits per heavy atom. The van der Waals surface area contributed by atoms with Gasteiger partial charge in [-0.05, 0) is 84.9 Å². The first kappa shape index (κ1) is 16.8. The second-order valence-electron chi connectivity index (χ2n) is 9.09. The molecule has 4 aliphatic rings. The third kappa shape index (κ3) is 2.25. The highest BCUT2D eigenvalue weighted by molar-refractivity contribution is 6.68. The Morgan fingerprint density at radius 1 is 0.800 bits per heavy atom. The summed E-state index contributed by atoms with van der Waals surface area (Å²) in [7, 11) is 0. The largest absolute Gasteiger partial charge is 0.376 e. The van der Waals surface area contributed by atoms with E-state index in [0.29, 0.717) is 37.2 Å². The number of allylic oxidation sites excluding steroid dienone is 4. The van der Waals surface area contributed by atoms with Crippen molar-refractivity contribution in [1.82, 2.24) is 18.9 Å². The van der Waals surface area contributed by atoms with Gasteiger partial charge in [0, 0.05) is 23.2 Å². The molecule has 2 bridgehead atoms. The first-order valence-electron chi connectivity index (χ1n) is 11.1. The predicted molar refractivity (Wildman–Crippen MR) is 124 cm³/mol. The van der Waals surface area contributed by atoms with Gasteiger partial charge in [-0.2, -0.15) is 0 Å². The van der Waals surface area contributed by atoms with Gasteiger partial charge in [-0.25, -0.2) is 9.97 Å². The van der Waals surface area contributed by atoms with Crippen molar-refractivity contribution in [3.8, 4) is 0 Å². The molecule has 4 atom stereocenters. The van der Waals surface area contributed by atoms with Crippen molar-refractivity contribution in [3.63, 3.8) is 0 Å². The van der Waals surface area contributed by atoms with Crippen molar-refractivity contribution < 1.29 is 0 Å². The first-order valence-corrected chi connectivity index (χ1v) is 11.1. The minimum absolute atomic E-state index is 0.447. The lowest BCUT2D eigenvalue weighted by Gasteiger charge is -2.51. The summed E-state index contributed by atoms with van der Waals surface area (Å²) in [5, 5.41) is 2.47. The van der Waals surface area contributed by atoms with Gasteiger partial charge in [0.1, 0.15) is 11.3 Å². The minimum atomic E-state index is 0.447. The molecule has 4 nitrogen and oxygen atoms in total. The molecule has 30 heavy (non-hydrogen) atoms. The van der Waals surface area contributed by atoms with Crippen LogP contribution in [-0.2, 0) is 0 Å². The predicted octanol–water partition coefficient (Wildman–Crippen LogP) is 4.89. The summed E-state index contributed by atoms with van der Waals surface area (Å²) in [6, 6.07) is 12.8. The van der Waals surface area contributed by atoms with E-state index in [9.17, 15) is 0 Å². The van der Waals surface area contributed by atoms with Crippen LogP contribution < -0.4 is 0 Å². The van der Waals surface area contributed by atoms with E-state index in [-0.39, 0.29) is 0 Å². The molecular weight excluding hydrogens is 366 g/mol. The number of hydrogen-bond acceptors (Lipinski definition) is 2. The van der Waals surface area contributed by atoms with Crippen LogP contribution in [0, 0.1) is 11.8 Å². The number of rotatable bonds is 2. The molecule has 0 radical (unpaired) electrons. The molecule has 1 aliphatic carbocycles. The zero-order chi connectivity index (χ0) is 19.7. The Morgan fingerprint density at radius 3 is 2.23 bits per heavy atom. The van der Waals surface area contributed by atoms with E-state index in [1.807, 2.05) is 24.5 Å². The summed E-state index contributed by atoms with van der Waals surface area (Å²) in [5.74, 6) is 2.31. The summed E-state index contributed by atoms with van der Waals surface area (Å²) in [6.07, 6.45) is 20.5. The first-order chi connectivity index (χ1) is 14.9. The van der Waals surface area contributed by atoms with Gasteiger partial charge in [0.2, 0.25) is 0 Å². The number of hydrogen-bond donors (Lipinski definition) is 0. The van der Waals surface area contributed by atoms with Crippen LogP contribution in [0.2, 0.25) is 24.3 Å². The standard InChI is InChI=1S/C24H22B2N4/c1-6-20-19-7-8-21(26(16-19)30-15-10-18-5-3-13-28-24(18)30)22(20)25(11-1)29-14-9-17-4-2-12-27-23(17)29/h1-10,12-15,19-22H,11,16H2/t19-,20+,21-,22+/m1/s1. The minimum Gasteiger partial charge on any atom is -0.376 e. The van der Waals surface area contributed by atoms with Crippen molar-refractivity contribution in [3.05, 3.63) is 85.5 Å². The summed E-state index contributed by atoms with van der Waals surface area (Å²) in [4.78, 5) is 9.46. The maximum atomic E-state index is 4.73. The van der Waals surface area contributed by atoms with Crippen LogP contribution >= 0.6 is 0 Å². The quantitative estimate of drug-likeness (QED) is 0.362. The van der Waals surface area contributed by atoms with Crippen molar-refractivity contribution in [2.45, 2.75) is 24.3 Å². The number of pyridine rings is 2. The maximum Gasteiger partial charge on any atom is 0.269 e. The van der Waals surface area contributed by atoms with Crippen LogP contribution in [0.5, 0.6) is 0 Å². The molecule has 0 N–H and O–H groups in total. The summed E-state index contributed by atoms with van der Waals surface area (Å²) >= 11 is 0. The summed E-state index contributed by atoms with van der Waals surface area (Å²) in [6.45, 7) is 0.917. The van der Waals surface area contributed by atoms with Gasteiger partial charge in [-0.15, -0.1) is 0 Å². The zero-order valence-electron chi connectivity index (χ0n) is 16.8. The molecule has 0 aromatic carbocycles. The van der Waals surface area contributed by atoms with E-state index in [1.54, 1.807) is 0 Å². The van der Waals surface area contributed by atoms with E-state index >= 15 is 0 Å². The van der Waals surface area contributed by atoms with Gasteiger partial charge in [0.05, 0.1) is 0 Å². The third-order valence-electron chi connectivity index (χ3n) is 7.77. The molecule has 4 aromatic rings. The monoisotopic (exact) mass is 388 g/mol. The Bertz CT molecular complexity index is 1320. The van der Waals surface area contributed by atoms with Gasteiger partial charge in [-0.1, -0.05) is 24.3 Å². The van der Waals surface area contributed by atoms with Gasteiger partial charge in [-0.3, -0.25) is 0 Å². The second kappa shape index (κ2) is 6.24. The lowest BCUT2D eigenvalue weighted by atomic mass is 9.24. The Labute approximate surface area is 176 Å². The van der Waals surface area contributed by atoms with Gasteiger partial charge < -0.3 is 8.96 Å². The molecular formula is C24H22B2N4. The SMILES string of the molecule is C1=C[C@@H]2[C@H](B(n3ccc4cccnc43)C1)[C@H]1C=C[C@@H]2CB1n1ccc2cccnc21. The molecule has 4 aromatic heterocycles. The van der Waals surface area contributed by atoms with Crippen molar-refractivity contribution >= 4 is 35.8 Å². The Balaban J connectivity index is 1.35. The van der Waals surface area contributed by atoms with Crippen molar-refractivity contribution in [2.75, 3.05) is 0 Å².